The standard InChI is InChI=1S/C17H13ClN2O5S/c18-14-8-13(6-5-11(14)9-19)26(22,23)20-17(21)7-12-10-24-15-3-1-2-4-16(15)25-12/h1-6,8,12H,7,10H2,(H,20,21). The van der Waals surface area contributed by atoms with Gasteiger partial charge >= 0.3 is 0 Å². The molecule has 0 radical (unpaired) electrons. The minimum Gasteiger partial charge on any atom is -0.486 e. The molecule has 9 heteroatoms. The normalized spacial score (nSPS) is 15.8. The van der Waals surface area contributed by atoms with E-state index < -0.39 is 22.0 Å². The molecule has 0 spiro atoms. The van der Waals surface area contributed by atoms with Gasteiger partial charge < -0.3 is 9.47 Å². The predicted molar refractivity (Wildman–Crippen MR) is 92.5 cm³/mol. The van der Waals surface area contributed by atoms with E-state index in [0.717, 1.165) is 6.07 Å². The van der Waals surface area contributed by atoms with Crippen molar-refractivity contribution in [1.82, 2.24) is 4.72 Å². The third kappa shape index (κ3) is 3.90. The lowest BCUT2D eigenvalue weighted by atomic mass is 10.2. The summed E-state index contributed by atoms with van der Waals surface area (Å²) in [6, 6.07) is 12.4. The first-order valence-electron chi connectivity index (χ1n) is 7.53. The molecule has 2 aromatic carbocycles. The smallest absolute Gasteiger partial charge is 0.264 e. The Bertz CT molecular complexity index is 1000. The monoisotopic (exact) mass is 392 g/mol. The number of hydrogen-bond donors (Lipinski definition) is 1. The fourth-order valence-corrected chi connectivity index (χ4v) is 3.68. The van der Waals surface area contributed by atoms with E-state index in [1.807, 2.05) is 10.8 Å². The zero-order valence-electron chi connectivity index (χ0n) is 13.3. The number of halogens is 1. The minimum absolute atomic E-state index is 0.0107. The highest BCUT2D eigenvalue weighted by molar-refractivity contribution is 7.90. The van der Waals surface area contributed by atoms with Crippen LogP contribution in [0.15, 0.2) is 47.4 Å². The van der Waals surface area contributed by atoms with Gasteiger partial charge in [-0.25, -0.2) is 13.1 Å². The van der Waals surface area contributed by atoms with Crippen LogP contribution in [-0.2, 0) is 14.8 Å². The number of para-hydroxylation sites is 2. The molecule has 0 aliphatic carbocycles. The molecule has 0 saturated heterocycles. The lowest BCUT2D eigenvalue weighted by molar-refractivity contribution is -0.121. The van der Waals surface area contributed by atoms with Gasteiger partial charge in [-0.2, -0.15) is 5.26 Å². The van der Waals surface area contributed by atoms with Gasteiger partial charge in [0, 0.05) is 0 Å². The second kappa shape index (κ2) is 7.23. The average molecular weight is 393 g/mol. The predicted octanol–water partition coefficient (Wildman–Crippen LogP) is 2.25. The van der Waals surface area contributed by atoms with E-state index in [-0.39, 0.29) is 28.5 Å². The van der Waals surface area contributed by atoms with Crippen molar-refractivity contribution in [3.8, 4) is 17.6 Å². The molecular weight excluding hydrogens is 380 g/mol. The van der Waals surface area contributed by atoms with E-state index in [9.17, 15) is 13.2 Å². The van der Waals surface area contributed by atoms with Gasteiger partial charge in [-0.15, -0.1) is 0 Å². The zero-order chi connectivity index (χ0) is 18.7. The number of carbonyl (C=O) groups is 1. The Labute approximate surface area is 155 Å². The molecule has 1 aliphatic rings. The van der Waals surface area contributed by atoms with Crippen LogP contribution in [0.4, 0.5) is 0 Å². The molecule has 1 unspecified atom stereocenters. The number of carbonyl (C=O) groups excluding carboxylic acids is 1. The molecule has 3 rings (SSSR count). The second-order valence-corrected chi connectivity index (χ2v) is 7.57. The zero-order valence-corrected chi connectivity index (χ0v) is 14.9. The van der Waals surface area contributed by atoms with Crippen molar-refractivity contribution in [1.29, 1.82) is 5.26 Å². The van der Waals surface area contributed by atoms with E-state index in [0.29, 0.717) is 11.5 Å². The molecule has 1 atom stereocenters. The molecule has 2 aromatic rings. The number of nitrogens with zero attached hydrogens (tertiary/aromatic N) is 1. The number of sulfonamides is 1. The second-order valence-electron chi connectivity index (χ2n) is 5.48. The number of rotatable bonds is 4. The van der Waals surface area contributed by atoms with Crippen LogP contribution in [0.1, 0.15) is 12.0 Å². The van der Waals surface area contributed by atoms with Gasteiger partial charge in [-0.05, 0) is 30.3 Å². The first-order chi connectivity index (χ1) is 12.4. The maximum absolute atomic E-state index is 12.3. The molecule has 1 heterocycles. The average Bonchev–Trinajstić information content (AvgIpc) is 2.61. The van der Waals surface area contributed by atoms with Crippen molar-refractivity contribution in [3.05, 3.63) is 53.1 Å². The Kier molecular flexibility index (Phi) is 5.02. The van der Waals surface area contributed by atoms with Crippen molar-refractivity contribution in [2.75, 3.05) is 6.61 Å². The molecule has 26 heavy (non-hydrogen) atoms. The Hall–Kier alpha value is -2.76. The lowest BCUT2D eigenvalue weighted by Crippen LogP contribution is -2.38. The lowest BCUT2D eigenvalue weighted by Gasteiger charge is -2.25. The molecule has 7 nitrogen and oxygen atoms in total. The van der Waals surface area contributed by atoms with Crippen molar-refractivity contribution in [2.24, 2.45) is 0 Å². The Balaban J connectivity index is 1.66. The third-order valence-corrected chi connectivity index (χ3v) is 5.28. The number of ether oxygens (including phenoxy) is 2. The largest absolute Gasteiger partial charge is 0.486 e. The van der Waals surface area contributed by atoms with Gasteiger partial charge in [0.15, 0.2) is 11.5 Å². The maximum atomic E-state index is 12.3. The van der Waals surface area contributed by atoms with Crippen LogP contribution in [-0.4, -0.2) is 27.0 Å². The summed E-state index contributed by atoms with van der Waals surface area (Å²) in [6.07, 6.45) is -0.804. The topological polar surface area (TPSA) is 105 Å². The fraction of sp³-hybridized carbons (Fsp3) is 0.176. The van der Waals surface area contributed by atoms with Crippen LogP contribution >= 0.6 is 11.6 Å². The number of nitrogens with one attached hydrogen (secondary N) is 1. The molecular formula is C17H13ClN2O5S. The van der Waals surface area contributed by atoms with Crippen molar-refractivity contribution in [2.45, 2.75) is 17.4 Å². The van der Waals surface area contributed by atoms with E-state index >= 15 is 0 Å². The first kappa shape index (κ1) is 18.0. The highest BCUT2D eigenvalue weighted by Gasteiger charge is 2.26. The Morgan fingerprint density at radius 3 is 2.69 bits per heavy atom. The van der Waals surface area contributed by atoms with Crippen LogP contribution in [0, 0.1) is 11.3 Å². The van der Waals surface area contributed by atoms with Crippen LogP contribution < -0.4 is 14.2 Å². The summed E-state index contributed by atoms with van der Waals surface area (Å²) in [5.41, 5.74) is 0.142. The van der Waals surface area contributed by atoms with Crippen molar-refractivity contribution >= 4 is 27.5 Å². The van der Waals surface area contributed by atoms with Gasteiger partial charge in [0.25, 0.3) is 10.0 Å². The SMILES string of the molecule is N#Cc1ccc(S(=O)(=O)NC(=O)CC2COc3ccccc3O2)cc1Cl. The Morgan fingerprint density at radius 1 is 1.27 bits per heavy atom. The van der Waals surface area contributed by atoms with Gasteiger partial charge in [0.05, 0.1) is 21.9 Å². The summed E-state index contributed by atoms with van der Waals surface area (Å²) in [5.74, 6) is 0.334. The van der Waals surface area contributed by atoms with Crippen molar-refractivity contribution < 1.29 is 22.7 Å². The van der Waals surface area contributed by atoms with E-state index in [1.165, 1.54) is 12.1 Å². The molecule has 134 valence electrons. The van der Waals surface area contributed by atoms with Gasteiger partial charge in [0.2, 0.25) is 5.91 Å². The van der Waals surface area contributed by atoms with Crippen LogP contribution in [0.25, 0.3) is 0 Å². The third-order valence-electron chi connectivity index (χ3n) is 3.60. The molecule has 0 aromatic heterocycles. The molecule has 0 bridgehead atoms. The van der Waals surface area contributed by atoms with Gasteiger partial charge in [-0.1, -0.05) is 23.7 Å². The number of nitriles is 1. The number of hydrogen-bond acceptors (Lipinski definition) is 6. The quantitative estimate of drug-likeness (QED) is 0.855. The van der Waals surface area contributed by atoms with E-state index in [2.05, 4.69) is 0 Å². The first-order valence-corrected chi connectivity index (χ1v) is 9.39. The van der Waals surface area contributed by atoms with E-state index in [4.69, 9.17) is 26.3 Å². The Morgan fingerprint density at radius 2 is 2.00 bits per heavy atom. The van der Waals surface area contributed by atoms with Crippen LogP contribution in [0.5, 0.6) is 11.5 Å². The molecule has 0 fully saturated rings. The number of benzene rings is 2. The number of amides is 1. The maximum Gasteiger partial charge on any atom is 0.264 e. The molecule has 0 saturated carbocycles. The van der Waals surface area contributed by atoms with Gasteiger partial charge in [0.1, 0.15) is 18.8 Å². The summed E-state index contributed by atoms with van der Waals surface area (Å²) in [5, 5.41) is 8.82. The minimum atomic E-state index is -4.11. The summed E-state index contributed by atoms with van der Waals surface area (Å²) in [4.78, 5) is 11.9. The molecule has 1 amide bonds. The van der Waals surface area contributed by atoms with Crippen molar-refractivity contribution in [3.63, 3.8) is 0 Å². The highest BCUT2D eigenvalue weighted by Crippen LogP contribution is 2.31. The number of fused-ring (bicyclic) bond motifs is 1. The van der Waals surface area contributed by atoms with E-state index in [1.54, 1.807) is 24.3 Å². The summed E-state index contributed by atoms with van der Waals surface area (Å²) >= 11 is 5.84. The summed E-state index contributed by atoms with van der Waals surface area (Å²) in [6.45, 7) is 0.132. The van der Waals surface area contributed by atoms with Crippen LogP contribution in [0.3, 0.4) is 0 Å². The highest BCUT2D eigenvalue weighted by atomic mass is 35.5. The van der Waals surface area contributed by atoms with Crippen LogP contribution in [0.2, 0.25) is 5.02 Å². The summed E-state index contributed by atoms with van der Waals surface area (Å²) in [7, 11) is -4.11. The summed E-state index contributed by atoms with van der Waals surface area (Å²) < 4.78 is 37.7. The molecule has 1 aliphatic heterocycles. The van der Waals surface area contributed by atoms with Gasteiger partial charge in [-0.3, -0.25) is 4.79 Å². The fourth-order valence-electron chi connectivity index (χ4n) is 2.37. The molecule has 1 N–H and O–H groups in total.